The number of likely N-dealkylation sites (tertiary alicyclic amines) is 1. The molecule has 0 aliphatic carbocycles. The molecule has 29 heavy (non-hydrogen) atoms. The van der Waals surface area contributed by atoms with Gasteiger partial charge in [0.2, 0.25) is 0 Å². The van der Waals surface area contributed by atoms with E-state index in [0.29, 0.717) is 5.56 Å². The highest BCUT2D eigenvalue weighted by molar-refractivity contribution is 5.94. The summed E-state index contributed by atoms with van der Waals surface area (Å²) in [7, 11) is 0. The molecule has 1 amide bonds. The molecule has 3 rings (SSSR count). The first-order valence-electron chi connectivity index (χ1n) is 10.3. The van der Waals surface area contributed by atoms with Crippen LogP contribution in [0.3, 0.4) is 0 Å². The van der Waals surface area contributed by atoms with Crippen molar-refractivity contribution in [1.29, 1.82) is 0 Å². The third-order valence-corrected chi connectivity index (χ3v) is 5.06. The Morgan fingerprint density at radius 3 is 2.59 bits per heavy atom. The van der Waals surface area contributed by atoms with Gasteiger partial charge in [-0.2, -0.15) is 0 Å². The monoisotopic (exact) mass is 390 g/mol. The summed E-state index contributed by atoms with van der Waals surface area (Å²) in [6.45, 7) is 6.30. The first-order chi connectivity index (χ1) is 13.9. The van der Waals surface area contributed by atoms with Gasteiger partial charge in [0.25, 0.3) is 5.91 Å². The Morgan fingerprint density at radius 1 is 1.17 bits per heavy atom. The summed E-state index contributed by atoms with van der Waals surface area (Å²) in [5, 5.41) is 12.9. The van der Waals surface area contributed by atoms with Crippen LogP contribution in [0.2, 0.25) is 0 Å². The molecular weight excluding hydrogens is 360 g/mol. The second-order valence-electron chi connectivity index (χ2n) is 8.24. The standard InChI is InChI=1S/C25H30N2O2/c1-25(2,29)16-14-21-10-12-22(13-11-21)24(28)26-23-9-6-17-27(19-23)18-15-20-7-4-3-5-8-20/h3-5,7-8,10-13,23,29H,6,9,15,17-19H2,1-2H3,(H,26,28)/t23-/m0/s1. The molecule has 2 aromatic rings. The fraction of sp³-hybridized carbons (Fsp3) is 0.400. The molecule has 2 aromatic carbocycles. The third-order valence-electron chi connectivity index (χ3n) is 5.06. The lowest BCUT2D eigenvalue weighted by Gasteiger charge is -2.33. The summed E-state index contributed by atoms with van der Waals surface area (Å²) in [6.07, 6.45) is 3.16. The number of rotatable bonds is 5. The topological polar surface area (TPSA) is 52.6 Å². The van der Waals surface area contributed by atoms with Gasteiger partial charge in [0, 0.05) is 30.3 Å². The number of hydrogen-bond acceptors (Lipinski definition) is 3. The van der Waals surface area contributed by atoms with Crippen molar-refractivity contribution in [2.75, 3.05) is 19.6 Å². The molecule has 152 valence electrons. The Kier molecular flexibility index (Phi) is 7.09. The predicted molar refractivity (Wildman–Crippen MR) is 117 cm³/mol. The molecule has 0 radical (unpaired) electrons. The van der Waals surface area contributed by atoms with Gasteiger partial charge in [-0.25, -0.2) is 0 Å². The molecule has 4 nitrogen and oxygen atoms in total. The highest BCUT2D eigenvalue weighted by Gasteiger charge is 2.21. The maximum atomic E-state index is 12.6. The highest BCUT2D eigenvalue weighted by Crippen LogP contribution is 2.13. The van der Waals surface area contributed by atoms with Crippen LogP contribution in [0.25, 0.3) is 0 Å². The molecule has 0 unspecified atom stereocenters. The number of piperidine rings is 1. The number of aliphatic hydroxyl groups is 1. The summed E-state index contributed by atoms with van der Waals surface area (Å²) < 4.78 is 0. The number of hydrogen-bond donors (Lipinski definition) is 2. The minimum absolute atomic E-state index is 0.0399. The molecular formula is C25H30N2O2. The fourth-order valence-electron chi connectivity index (χ4n) is 3.51. The molecule has 1 heterocycles. The van der Waals surface area contributed by atoms with Gasteiger partial charge < -0.3 is 15.3 Å². The third kappa shape index (κ3) is 7.05. The average Bonchev–Trinajstić information content (AvgIpc) is 2.72. The number of carbonyl (C=O) groups is 1. The number of benzene rings is 2. The van der Waals surface area contributed by atoms with Gasteiger partial charge in [-0.1, -0.05) is 42.2 Å². The van der Waals surface area contributed by atoms with Gasteiger partial charge in [0.15, 0.2) is 0 Å². The van der Waals surface area contributed by atoms with E-state index in [1.165, 1.54) is 5.56 Å². The van der Waals surface area contributed by atoms with Crippen LogP contribution >= 0.6 is 0 Å². The quantitative estimate of drug-likeness (QED) is 0.771. The van der Waals surface area contributed by atoms with Crippen molar-refractivity contribution in [1.82, 2.24) is 10.2 Å². The van der Waals surface area contributed by atoms with Crippen molar-refractivity contribution in [3.63, 3.8) is 0 Å². The zero-order valence-corrected chi connectivity index (χ0v) is 17.3. The van der Waals surface area contributed by atoms with Crippen LogP contribution in [0.4, 0.5) is 0 Å². The molecule has 4 heteroatoms. The molecule has 1 aliphatic heterocycles. The normalized spacial score (nSPS) is 17.3. The van der Waals surface area contributed by atoms with E-state index in [9.17, 15) is 9.90 Å². The number of nitrogens with one attached hydrogen (secondary N) is 1. The van der Waals surface area contributed by atoms with Crippen molar-refractivity contribution in [2.45, 2.75) is 44.8 Å². The zero-order chi connectivity index (χ0) is 20.7. The Hall–Kier alpha value is -2.61. The maximum Gasteiger partial charge on any atom is 0.251 e. The van der Waals surface area contributed by atoms with E-state index >= 15 is 0 Å². The lowest BCUT2D eigenvalue weighted by molar-refractivity contribution is 0.0904. The Balaban J connectivity index is 1.51. The molecule has 0 bridgehead atoms. The van der Waals surface area contributed by atoms with E-state index in [1.807, 2.05) is 18.2 Å². The van der Waals surface area contributed by atoms with Crippen LogP contribution in [0.1, 0.15) is 48.2 Å². The molecule has 1 fully saturated rings. The van der Waals surface area contributed by atoms with Gasteiger partial charge in [0.1, 0.15) is 5.60 Å². The second kappa shape index (κ2) is 9.73. The molecule has 1 aliphatic rings. The fourth-order valence-corrected chi connectivity index (χ4v) is 3.51. The number of carbonyl (C=O) groups excluding carboxylic acids is 1. The zero-order valence-electron chi connectivity index (χ0n) is 17.3. The van der Waals surface area contributed by atoms with E-state index in [4.69, 9.17) is 0 Å². The van der Waals surface area contributed by atoms with E-state index < -0.39 is 5.60 Å². The van der Waals surface area contributed by atoms with Crippen LogP contribution in [-0.2, 0) is 6.42 Å². The Morgan fingerprint density at radius 2 is 1.90 bits per heavy atom. The molecule has 0 aromatic heterocycles. The van der Waals surface area contributed by atoms with Crippen LogP contribution in [0.5, 0.6) is 0 Å². The van der Waals surface area contributed by atoms with E-state index in [-0.39, 0.29) is 11.9 Å². The van der Waals surface area contributed by atoms with Crippen molar-refractivity contribution < 1.29 is 9.90 Å². The molecule has 0 saturated carbocycles. The van der Waals surface area contributed by atoms with Crippen molar-refractivity contribution in [2.24, 2.45) is 0 Å². The van der Waals surface area contributed by atoms with Crippen LogP contribution < -0.4 is 5.32 Å². The van der Waals surface area contributed by atoms with Gasteiger partial charge in [-0.15, -0.1) is 0 Å². The van der Waals surface area contributed by atoms with Crippen molar-refractivity contribution in [3.05, 3.63) is 71.3 Å². The van der Waals surface area contributed by atoms with Crippen molar-refractivity contribution >= 4 is 5.91 Å². The highest BCUT2D eigenvalue weighted by atomic mass is 16.3. The Labute approximate surface area is 173 Å². The minimum atomic E-state index is -1.02. The molecule has 1 saturated heterocycles. The van der Waals surface area contributed by atoms with Crippen LogP contribution in [0, 0.1) is 11.8 Å². The number of nitrogens with zero attached hydrogens (tertiary/aromatic N) is 1. The van der Waals surface area contributed by atoms with Gasteiger partial charge in [-0.05, 0) is 69.5 Å². The SMILES string of the molecule is CC(C)(O)C#Cc1ccc(C(=O)N[C@H]2CCCN(CCc3ccccc3)C2)cc1. The molecule has 0 spiro atoms. The smallest absolute Gasteiger partial charge is 0.251 e. The summed E-state index contributed by atoms with van der Waals surface area (Å²) in [5.74, 6) is 5.67. The predicted octanol–water partition coefficient (Wildman–Crippen LogP) is 3.25. The van der Waals surface area contributed by atoms with Gasteiger partial charge >= 0.3 is 0 Å². The lowest BCUT2D eigenvalue weighted by Crippen LogP contribution is -2.48. The first-order valence-corrected chi connectivity index (χ1v) is 10.3. The number of amides is 1. The molecule has 2 N–H and O–H groups in total. The van der Waals surface area contributed by atoms with Crippen LogP contribution in [-0.4, -0.2) is 47.2 Å². The van der Waals surface area contributed by atoms with Gasteiger partial charge in [-0.3, -0.25) is 4.79 Å². The summed E-state index contributed by atoms with van der Waals surface area (Å²) >= 11 is 0. The van der Waals surface area contributed by atoms with Gasteiger partial charge in [0.05, 0.1) is 0 Å². The second-order valence-corrected chi connectivity index (χ2v) is 8.24. The summed E-state index contributed by atoms with van der Waals surface area (Å²) in [4.78, 5) is 15.1. The summed E-state index contributed by atoms with van der Waals surface area (Å²) in [6, 6.07) is 17.9. The van der Waals surface area contributed by atoms with E-state index in [1.54, 1.807) is 26.0 Å². The first kappa shape index (κ1) is 21.1. The lowest BCUT2D eigenvalue weighted by atomic mass is 10.0. The van der Waals surface area contributed by atoms with Crippen LogP contribution in [0.15, 0.2) is 54.6 Å². The average molecular weight is 391 g/mol. The largest absolute Gasteiger partial charge is 0.378 e. The van der Waals surface area contributed by atoms with E-state index in [2.05, 4.69) is 46.3 Å². The Bertz CT molecular complexity index is 858. The maximum absolute atomic E-state index is 12.6. The minimum Gasteiger partial charge on any atom is -0.378 e. The molecule has 1 atom stereocenters. The van der Waals surface area contributed by atoms with Crippen molar-refractivity contribution in [3.8, 4) is 11.8 Å². The summed E-state index contributed by atoms with van der Waals surface area (Å²) in [5.41, 5.74) is 1.75. The van der Waals surface area contributed by atoms with E-state index in [0.717, 1.165) is 44.5 Å².